The normalized spacial score (nSPS) is 15.0. The smallest absolute Gasteiger partial charge is 0.394 e. The van der Waals surface area contributed by atoms with Gasteiger partial charge in [-0.05, 0) is 68.5 Å². The standard InChI is InChI=1S/C32H43BF2N8O6S/c1-3-14-38-31(46)25(10-7-15-39-32(36)37)41-30(45)20-40-29(44)12-11-24-17-21(2)26-19-28-23(13-16-50-49-48-47)18-27(22-8-5-4-6-9-22)43(28)33(34,35)42(24)26/h4-6,8-9,17-19,25,47H,3,7,10-16,20H2,1-2H3,(H,38,46)(H,40,44)(H,41,45)(H4,36,37,39). The lowest BCUT2D eigenvalue weighted by atomic mass is 9.88. The molecule has 0 aliphatic carbocycles. The van der Waals surface area contributed by atoms with Crippen LogP contribution in [0, 0.1) is 6.92 Å². The molecule has 14 nitrogen and oxygen atoms in total. The van der Waals surface area contributed by atoms with E-state index in [1.54, 1.807) is 49.4 Å². The number of carbonyl (C=O) groups is 3. The number of amides is 3. The number of carbonyl (C=O) groups excluding carboxylic acids is 3. The van der Waals surface area contributed by atoms with Gasteiger partial charge in [-0.25, -0.2) is 5.26 Å². The van der Waals surface area contributed by atoms with Crippen molar-refractivity contribution in [2.45, 2.75) is 58.4 Å². The van der Waals surface area contributed by atoms with Crippen LogP contribution in [0.5, 0.6) is 0 Å². The SMILES string of the molecule is CCCNC(=O)C(CCCN=C(N)N)NC(=O)CNC(=O)CCc1cc(C)c2n1[B-](F)(F)[N+]1=C(c3ccccc3)C=C(CCSOOO)C1=C2. The summed E-state index contributed by atoms with van der Waals surface area (Å²) in [6, 6.07) is 9.70. The highest BCUT2D eigenvalue weighted by Gasteiger charge is 2.54. The number of rotatable bonds is 19. The molecule has 18 heteroatoms. The molecular weight excluding hydrogens is 673 g/mol. The van der Waals surface area contributed by atoms with Crippen LogP contribution in [0.1, 0.15) is 61.5 Å². The maximum absolute atomic E-state index is 16.7. The number of aryl methyl sites for hydroxylation is 2. The summed E-state index contributed by atoms with van der Waals surface area (Å²) in [5.74, 6) is -1.18. The van der Waals surface area contributed by atoms with Gasteiger partial charge in [0.25, 0.3) is 0 Å². The van der Waals surface area contributed by atoms with Crippen molar-refractivity contribution in [1.82, 2.24) is 20.4 Å². The Hall–Kier alpha value is -4.52. The Morgan fingerprint density at radius 2 is 1.88 bits per heavy atom. The van der Waals surface area contributed by atoms with E-state index in [1.165, 1.54) is 0 Å². The number of hydrogen-bond acceptors (Lipinski definition) is 8. The van der Waals surface area contributed by atoms with Crippen molar-refractivity contribution in [3.8, 4) is 0 Å². The molecule has 0 radical (unpaired) electrons. The molecule has 3 amide bonds. The summed E-state index contributed by atoms with van der Waals surface area (Å²) in [7, 11) is 0. The molecule has 1 aromatic carbocycles. The fourth-order valence-corrected chi connectivity index (χ4v) is 6.37. The molecule has 3 heterocycles. The van der Waals surface area contributed by atoms with E-state index >= 15 is 8.63 Å². The van der Waals surface area contributed by atoms with Crippen molar-refractivity contribution in [3.63, 3.8) is 0 Å². The van der Waals surface area contributed by atoms with Gasteiger partial charge in [-0.3, -0.25) is 19.4 Å². The minimum absolute atomic E-state index is 0.00835. The first-order valence-corrected chi connectivity index (χ1v) is 17.2. The van der Waals surface area contributed by atoms with Gasteiger partial charge in [-0.15, -0.1) is 4.33 Å². The highest BCUT2D eigenvalue weighted by molar-refractivity contribution is 7.94. The van der Waals surface area contributed by atoms with Gasteiger partial charge in [0.1, 0.15) is 6.04 Å². The fourth-order valence-electron chi connectivity index (χ4n) is 5.95. The van der Waals surface area contributed by atoms with Crippen molar-refractivity contribution in [3.05, 3.63) is 76.3 Å². The zero-order chi connectivity index (χ0) is 36.3. The minimum Gasteiger partial charge on any atom is -0.394 e. The van der Waals surface area contributed by atoms with Gasteiger partial charge in [-0.1, -0.05) is 30.2 Å². The number of hydrogen-bond donors (Lipinski definition) is 6. The summed E-state index contributed by atoms with van der Waals surface area (Å²) in [6.45, 7) is -0.424. The van der Waals surface area contributed by atoms with Crippen LogP contribution in [0.3, 0.4) is 0 Å². The molecule has 2 aliphatic heterocycles. The Labute approximate surface area is 293 Å². The second kappa shape index (κ2) is 17.9. The highest BCUT2D eigenvalue weighted by Crippen LogP contribution is 2.39. The Kier molecular flexibility index (Phi) is 13.7. The summed E-state index contributed by atoms with van der Waals surface area (Å²) in [5.41, 5.74) is 13.9. The molecule has 1 unspecified atom stereocenters. The molecule has 4 rings (SSSR count). The lowest BCUT2D eigenvalue weighted by Crippen LogP contribution is -2.51. The third-order valence-corrected chi connectivity index (χ3v) is 8.74. The molecule has 1 atom stereocenters. The molecule has 270 valence electrons. The van der Waals surface area contributed by atoms with E-state index in [-0.39, 0.29) is 43.4 Å². The van der Waals surface area contributed by atoms with Crippen molar-refractivity contribution >= 4 is 54.5 Å². The molecule has 1 aromatic heterocycles. The van der Waals surface area contributed by atoms with Gasteiger partial charge in [0.15, 0.2) is 17.4 Å². The average Bonchev–Trinajstić information content (AvgIpc) is 3.63. The van der Waals surface area contributed by atoms with Gasteiger partial charge >= 0.3 is 6.97 Å². The number of nitrogens with zero attached hydrogens (tertiary/aromatic N) is 3. The molecule has 0 saturated carbocycles. The summed E-state index contributed by atoms with van der Waals surface area (Å²) in [6.07, 6.45) is 5.09. The molecule has 2 aliphatic rings. The predicted octanol–water partition coefficient (Wildman–Crippen LogP) is 2.39. The number of halogens is 2. The molecule has 0 fully saturated rings. The van der Waals surface area contributed by atoms with Crippen molar-refractivity contribution in [1.29, 1.82) is 0 Å². The number of allylic oxidation sites excluding steroid dienone is 2. The van der Waals surface area contributed by atoms with Crippen LogP contribution >= 0.6 is 12.0 Å². The summed E-state index contributed by atoms with van der Waals surface area (Å²) < 4.78 is 40.0. The van der Waals surface area contributed by atoms with Crippen LogP contribution < -0.4 is 27.4 Å². The van der Waals surface area contributed by atoms with Crippen LogP contribution in [0.2, 0.25) is 0 Å². The Balaban J connectivity index is 1.45. The summed E-state index contributed by atoms with van der Waals surface area (Å²) in [4.78, 5) is 42.0. The lowest BCUT2D eigenvalue weighted by Gasteiger charge is -2.31. The fraction of sp³-hybridized carbons (Fsp3) is 0.406. The lowest BCUT2D eigenvalue weighted by molar-refractivity contribution is -0.432. The molecule has 0 saturated heterocycles. The number of fused-ring (bicyclic) bond motifs is 2. The highest BCUT2D eigenvalue weighted by atomic mass is 32.2. The second-order valence-corrected chi connectivity index (χ2v) is 12.6. The van der Waals surface area contributed by atoms with Gasteiger partial charge in [0.2, 0.25) is 17.7 Å². The molecule has 0 bridgehead atoms. The average molecular weight is 717 g/mol. The maximum atomic E-state index is 16.7. The third kappa shape index (κ3) is 9.59. The molecule has 2 aromatic rings. The number of guanidine groups is 1. The Morgan fingerprint density at radius 3 is 2.58 bits per heavy atom. The van der Waals surface area contributed by atoms with Gasteiger partial charge in [-0.2, -0.15) is 0 Å². The van der Waals surface area contributed by atoms with E-state index in [4.69, 9.17) is 16.7 Å². The number of nitrogens with two attached hydrogens (primary N) is 2. The van der Waals surface area contributed by atoms with E-state index in [2.05, 4.69) is 30.3 Å². The minimum atomic E-state index is -4.39. The van der Waals surface area contributed by atoms with E-state index < -0.39 is 31.4 Å². The first-order valence-electron chi connectivity index (χ1n) is 16.3. The Morgan fingerprint density at radius 1 is 1.12 bits per heavy atom. The molecular formula is C32H43BF2N8O6S. The first kappa shape index (κ1) is 38.3. The zero-order valence-electron chi connectivity index (χ0n) is 28.0. The quantitative estimate of drug-likeness (QED) is 0.0241. The van der Waals surface area contributed by atoms with Gasteiger partial charge in [0, 0.05) is 66.3 Å². The first-order chi connectivity index (χ1) is 24.0. The van der Waals surface area contributed by atoms with Crippen LogP contribution in [0.15, 0.2) is 58.7 Å². The zero-order valence-corrected chi connectivity index (χ0v) is 28.8. The maximum Gasteiger partial charge on any atom is 0.737 e. The van der Waals surface area contributed by atoms with E-state index in [9.17, 15) is 14.4 Å². The van der Waals surface area contributed by atoms with Crippen LogP contribution in [-0.2, 0) is 30.2 Å². The second-order valence-electron chi connectivity index (χ2n) is 11.8. The molecule has 8 N–H and O–H groups in total. The van der Waals surface area contributed by atoms with Crippen molar-refractivity contribution in [2.24, 2.45) is 16.5 Å². The molecule has 50 heavy (non-hydrogen) atoms. The Bertz CT molecular complexity index is 1680. The van der Waals surface area contributed by atoms with Crippen molar-refractivity contribution in [2.75, 3.05) is 25.4 Å². The van der Waals surface area contributed by atoms with Crippen LogP contribution in [0.4, 0.5) is 8.63 Å². The van der Waals surface area contributed by atoms with Gasteiger partial charge in [0.05, 0.1) is 6.54 Å². The number of aliphatic imine (C=N–C) groups is 1. The topological polar surface area (TPSA) is 198 Å². The summed E-state index contributed by atoms with van der Waals surface area (Å²) >= 11 is 0.847. The van der Waals surface area contributed by atoms with E-state index in [0.717, 1.165) is 21.0 Å². The van der Waals surface area contributed by atoms with Crippen molar-refractivity contribution < 1.29 is 42.1 Å². The monoisotopic (exact) mass is 716 g/mol. The number of nitrogens with one attached hydrogen (secondary N) is 3. The van der Waals surface area contributed by atoms with Crippen LogP contribution in [0.25, 0.3) is 6.08 Å². The number of aromatic nitrogens is 1. The third-order valence-electron chi connectivity index (χ3n) is 8.21. The van der Waals surface area contributed by atoms with E-state index in [0.29, 0.717) is 65.4 Å². The molecule has 0 spiro atoms. The number of benzene rings is 1. The largest absolute Gasteiger partial charge is 0.737 e. The predicted molar refractivity (Wildman–Crippen MR) is 188 cm³/mol. The van der Waals surface area contributed by atoms with Crippen LogP contribution in [-0.4, -0.2) is 82.0 Å². The van der Waals surface area contributed by atoms with Gasteiger partial charge < -0.3 is 45.0 Å². The van der Waals surface area contributed by atoms with E-state index in [1.807, 2.05) is 13.0 Å². The summed E-state index contributed by atoms with van der Waals surface area (Å²) in [5, 5.41) is 20.0.